The highest BCUT2D eigenvalue weighted by Crippen LogP contribution is 2.38. The van der Waals surface area contributed by atoms with Crippen molar-refractivity contribution in [1.29, 1.82) is 0 Å². The number of hydrogen-bond acceptors (Lipinski definition) is 5. The van der Waals surface area contributed by atoms with Gasteiger partial charge < -0.3 is 25.6 Å². The van der Waals surface area contributed by atoms with Crippen LogP contribution in [0.4, 0.5) is 17.1 Å². The van der Waals surface area contributed by atoms with Gasteiger partial charge in [-0.1, -0.05) is 94.3 Å². The zero-order valence-electron chi connectivity index (χ0n) is 29.0. The quantitative estimate of drug-likeness (QED) is 0.146. The summed E-state index contributed by atoms with van der Waals surface area (Å²) in [5.74, 6) is -1.31. The third kappa shape index (κ3) is 8.49. The number of para-hydroxylation sites is 3. The Bertz CT molecular complexity index is 1720. The fourth-order valence-corrected chi connectivity index (χ4v) is 6.73. The minimum atomic E-state index is -0.890. The van der Waals surface area contributed by atoms with Gasteiger partial charge in [0, 0.05) is 17.5 Å². The molecule has 0 saturated heterocycles. The van der Waals surface area contributed by atoms with Crippen LogP contribution in [0, 0.1) is 17.8 Å². The Hall–Kier alpha value is -5.11. The summed E-state index contributed by atoms with van der Waals surface area (Å²) in [5, 5.41) is 3.13. The van der Waals surface area contributed by atoms with Crippen LogP contribution in [0.25, 0.3) is 11.1 Å². The van der Waals surface area contributed by atoms with Crippen LogP contribution in [0.5, 0.6) is 5.75 Å². The average Bonchev–Trinajstić information content (AvgIpc) is 3.22. The topological polar surface area (TPSA) is 105 Å². The molecule has 8 nitrogen and oxygen atoms in total. The zero-order chi connectivity index (χ0) is 34.9. The highest BCUT2D eigenvalue weighted by molar-refractivity contribution is 6.04. The molecule has 3 atom stereocenters. The number of carbonyl (C=O) groups is 3. The predicted octanol–water partition coefficient (Wildman–Crippen LogP) is 7.49. The maximum absolute atomic E-state index is 14.8. The molecule has 1 heterocycles. The smallest absolute Gasteiger partial charge is 0.251 e. The van der Waals surface area contributed by atoms with Crippen LogP contribution in [0.3, 0.4) is 0 Å². The lowest BCUT2D eigenvalue weighted by atomic mass is 9.81. The second-order valence-corrected chi connectivity index (χ2v) is 13.2. The van der Waals surface area contributed by atoms with E-state index in [1.54, 1.807) is 12.0 Å². The van der Waals surface area contributed by atoms with Crippen LogP contribution in [0.15, 0.2) is 103 Å². The van der Waals surface area contributed by atoms with Gasteiger partial charge in [-0.15, -0.1) is 0 Å². The molecule has 0 aliphatic carbocycles. The van der Waals surface area contributed by atoms with Gasteiger partial charge in [0.15, 0.2) is 0 Å². The van der Waals surface area contributed by atoms with Crippen LogP contribution in [0.1, 0.15) is 52.0 Å². The molecule has 4 aromatic rings. The first kappa shape index (κ1) is 35.2. The van der Waals surface area contributed by atoms with Crippen molar-refractivity contribution in [1.82, 2.24) is 5.32 Å². The van der Waals surface area contributed by atoms with Gasteiger partial charge in [0.05, 0.1) is 31.6 Å². The number of fused-ring (bicyclic) bond motifs is 1. The van der Waals surface area contributed by atoms with Gasteiger partial charge in [-0.05, 0) is 77.9 Å². The molecule has 49 heavy (non-hydrogen) atoms. The maximum Gasteiger partial charge on any atom is 0.251 e. The van der Waals surface area contributed by atoms with Gasteiger partial charge in [-0.25, -0.2) is 0 Å². The standard InChI is InChI=1S/C41H48N4O4/c1-5-6-17-34(39(42)46)35(24-28(2)3)40(47)43-36-27-44(32-15-8-7-9-16-32)37-18-10-11-19-38(37)45(41(36)48)26-29-13-12-14-31(25-29)30-20-22-33(49-4)23-21-30/h7-16,18-23,25,28,34-36H,5-6,17,24,26-27H2,1-4H3,(H2,42,46)(H,43,47). The van der Waals surface area contributed by atoms with Crippen LogP contribution in [0.2, 0.25) is 0 Å². The molecular weight excluding hydrogens is 612 g/mol. The number of nitrogens with one attached hydrogen (secondary N) is 1. The summed E-state index contributed by atoms with van der Waals surface area (Å²) < 4.78 is 5.34. The third-order valence-electron chi connectivity index (χ3n) is 9.25. The molecule has 5 rings (SSSR count). The summed E-state index contributed by atoms with van der Waals surface area (Å²) in [4.78, 5) is 45.5. The fraction of sp³-hybridized carbons (Fsp3) is 0.341. The minimum absolute atomic E-state index is 0.156. The number of ether oxygens (including phenoxy) is 1. The number of methoxy groups -OCH3 is 1. The lowest BCUT2D eigenvalue weighted by Crippen LogP contribution is -2.54. The second kappa shape index (κ2) is 16.3. The Morgan fingerprint density at radius 2 is 1.57 bits per heavy atom. The monoisotopic (exact) mass is 660 g/mol. The lowest BCUT2D eigenvalue weighted by Gasteiger charge is -2.30. The van der Waals surface area contributed by atoms with Crippen molar-refractivity contribution in [3.63, 3.8) is 0 Å². The summed E-state index contributed by atoms with van der Waals surface area (Å²) in [7, 11) is 1.65. The molecule has 3 N–H and O–H groups in total. The van der Waals surface area contributed by atoms with E-state index < -0.39 is 23.8 Å². The van der Waals surface area contributed by atoms with Gasteiger partial charge in [0.1, 0.15) is 11.8 Å². The Labute approximate surface area is 290 Å². The number of primary amides is 1. The van der Waals surface area contributed by atoms with Crippen LogP contribution >= 0.6 is 0 Å². The van der Waals surface area contributed by atoms with E-state index in [0.29, 0.717) is 19.4 Å². The minimum Gasteiger partial charge on any atom is -0.497 e. The molecule has 0 saturated carbocycles. The molecule has 256 valence electrons. The number of amides is 3. The highest BCUT2D eigenvalue weighted by Gasteiger charge is 2.39. The summed E-state index contributed by atoms with van der Waals surface area (Å²) in [5.41, 5.74) is 11.4. The number of benzene rings is 4. The molecule has 3 unspecified atom stereocenters. The largest absolute Gasteiger partial charge is 0.497 e. The molecule has 8 heteroatoms. The van der Waals surface area contributed by atoms with Crippen LogP contribution in [-0.2, 0) is 20.9 Å². The number of nitrogens with two attached hydrogens (primary N) is 1. The van der Waals surface area contributed by atoms with Gasteiger partial charge in [-0.2, -0.15) is 0 Å². The van der Waals surface area contributed by atoms with E-state index in [2.05, 4.69) is 23.2 Å². The Balaban J connectivity index is 1.53. The number of nitrogens with zero attached hydrogens (tertiary/aromatic N) is 2. The first-order valence-corrected chi connectivity index (χ1v) is 17.3. The average molecular weight is 661 g/mol. The van der Waals surface area contributed by atoms with Crippen LogP contribution in [-0.4, -0.2) is 37.4 Å². The zero-order valence-corrected chi connectivity index (χ0v) is 29.0. The van der Waals surface area contributed by atoms with E-state index in [4.69, 9.17) is 10.5 Å². The van der Waals surface area contributed by atoms with Crippen molar-refractivity contribution in [3.8, 4) is 16.9 Å². The summed E-state index contributed by atoms with van der Waals surface area (Å²) in [6.07, 6.45) is 2.71. The van der Waals surface area contributed by atoms with Gasteiger partial charge in [-0.3, -0.25) is 14.4 Å². The lowest BCUT2D eigenvalue weighted by molar-refractivity contribution is -0.136. The first-order chi connectivity index (χ1) is 23.7. The number of anilines is 3. The van der Waals surface area contributed by atoms with Crippen molar-refractivity contribution in [2.24, 2.45) is 23.5 Å². The fourth-order valence-electron chi connectivity index (χ4n) is 6.73. The predicted molar refractivity (Wildman–Crippen MR) is 197 cm³/mol. The molecule has 3 amide bonds. The molecule has 0 radical (unpaired) electrons. The molecule has 0 aromatic heterocycles. The Morgan fingerprint density at radius 1 is 0.878 bits per heavy atom. The first-order valence-electron chi connectivity index (χ1n) is 17.3. The van der Waals surface area contributed by atoms with E-state index in [1.165, 1.54) is 0 Å². The number of carbonyl (C=O) groups excluding carboxylic acids is 3. The van der Waals surface area contributed by atoms with Gasteiger partial charge in [0.2, 0.25) is 11.8 Å². The van der Waals surface area contributed by atoms with E-state index in [9.17, 15) is 14.4 Å². The van der Waals surface area contributed by atoms with E-state index in [1.807, 2.05) is 111 Å². The third-order valence-corrected chi connectivity index (χ3v) is 9.25. The molecule has 0 bridgehead atoms. The van der Waals surface area contributed by atoms with E-state index in [0.717, 1.165) is 52.3 Å². The molecule has 1 aliphatic rings. The number of hydrogen-bond donors (Lipinski definition) is 2. The summed E-state index contributed by atoms with van der Waals surface area (Å²) >= 11 is 0. The Kier molecular flexibility index (Phi) is 11.7. The number of unbranched alkanes of at least 4 members (excludes halogenated alkanes) is 1. The normalized spacial score (nSPS) is 15.7. The molecule has 1 aliphatic heterocycles. The van der Waals surface area contributed by atoms with Crippen molar-refractivity contribution in [2.75, 3.05) is 23.5 Å². The molecule has 0 fully saturated rings. The van der Waals surface area contributed by atoms with Crippen molar-refractivity contribution < 1.29 is 19.1 Å². The summed E-state index contributed by atoms with van der Waals surface area (Å²) in [6.45, 7) is 6.63. The highest BCUT2D eigenvalue weighted by atomic mass is 16.5. The summed E-state index contributed by atoms with van der Waals surface area (Å²) in [6, 6.07) is 32.9. The molecule has 0 spiro atoms. The van der Waals surface area contributed by atoms with Crippen LogP contribution < -0.4 is 25.6 Å². The van der Waals surface area contributed by atoms with E-state index in [-0.39, 0.29) is 24.3 Å². The van der Waals surface area contributed by atoms with E-state index >= 15 is 0 Å². The van der Waals surface area contributed by atoms with Crippen molar-refractivity contribution in [3.05, 3.63) is 109 Å². The molecule has 4 aromatic carbocycles. The number of rotatable bonds is 14. The maximum atomic E-state index is 14.8. The van der Waals surface area contributed by atoms with Gasteiger partial charge >= 0.3 is 0 Å². The Morgan fingerprint density at radius 3 is 2.22 bits per heavy atom. The van der Waals surface area contributed by atoms with Crippen molar-refractivity contribution >= 4 is 34.8 Å². The second-order valence-electron chi connectivity index (χ2n) is 13.2. The SMILES string of the molecule is CCCCC(C(N)=O)C(CC(C)C)C(=O)NC1CN(c2ccccc2)c2ccccc2N(Cc2cccc(-c3ccc(OC)cc3)c2)C1=O. The van der Waals surface area contributed by atoms with Gasteiger partial charge in [0.25, 0.3) is 5.91 Å². The molecular formula is C41H48N4O4. The van der Waals surface area contributed by atoms with Crippen molar-refractivity contribution in [2.45, 2.75) is 59.0 Å².